The first-order valence-corrected chi connectivity index (χ1v) is 11.7. The summed E-state index contributed by atoms with van der Waals surface area (Å²) >= 11 is 6.57. The normalized spacial score (nSPS) is 11.3. The molecule has 12 heteroatoms. The second-order valence-corrected chi connectivity index (χ2v) is 10.1. The number of carbonyl (C=O) groups is 1. The SMILES string of the molecule is COc1ccc2c(=O)n(-c3ccc(NC(=O)NS(=O)(=O)c4ccc(Cl)s4)cn3)ccc2c1. The van der Waals surface area contributed by atoms with Crippen molar-refractivity contribution < 1.29 is 17.9 Å². The molecule has 4 aromatic rings. The topological polar surface area (TPSA) is 119 Å². The molecule has 0 atom stereocenters. The molecule has 0 aliphatic rings. The Balaban J connectivity index is 1.51. The number of hydrogen-bond acceptors (Lipinski definition) is 7. The Kier molecular flexibility index (Phi) is 5.87. The third kappa shape index (κ3) is 4.44. The highest BCUT2D eigenvalue weighted by Crippen LogP contribution is 2.25. The van der Waals surface area contributed by atoms with Crippen LogP contribution in [-0.4, -0.2) is 31.1 Å². The predicted molar refractivity (Wildman–Crippen MR) is 123 cm³/mol. The number of halogens is 1. The minimum absolute atomic E-state index is 0.0839. The minimum atomic E-state index is -4.04. The number of nitrogens with zero attached hydrogens (tertiary/aromatic N) is 2. The number of pyridine rings is 2. The largest absolute Gasteiger partial charge is 0.497 e. The summed E-state index contributed by atoms with van der Waals surface area (Å²) in [6.07, 6.45) is 2.90. The molecule has 9 nitrogen and oxygen atoms in total. The lowest BCUT2D eigenvalue weighted by atomic mass is 10.1. The maximum absolute atomic E-state index is 12.8. The van der Waals surface area contributed by atoms with Crippen molar-refractivity contribution >= 4 is 55.5 Å². The summed E-state index contributed by atoms with van der Waals surface area (Å²) in [5.41, 5.74) is -0.0268. The smallest absolute Gasteiger partial charge is 0.333 e. The summed E-state index contributed by atoms with van der Waals surface area (Å²) < 4.78 is 33.0. The van der Waals surface area contributed by atoms with Crippen LogP contribution in [0, 0.1) is 0 Å². The average Bonchev–Trinajstić information content (AvgIpc) is 3.21. The Labute approximate surface area is 191 Å². The fraction of sp³-hybridized carbons (Fsp3) is 0.0500. The van der Waals surface area contributed by atoms with Crippen LogP contribution in [0.4, 0.5) is 10.5 Å². The second kappa shape index (κ2) is 8.61. The van der Waals surface area contributed by atoms with Crippen molar-refractivity contribution in [1.29, 1.82) is 0 Å². The Morgan fingerprint density at radius 2 is 1.97 bits per heavy atom. The predicted octanol–water partition coefficient (Wildman–Crippen LogP) is 3.62. The van der Waals surface area contributed by atoms with Crippen LogP contribution in [0.15, 0.2) is 69.9 Å². The second-order valence-electron chi connectivity index (χ2n) is 6.47. The van der Waals surface area contributed by atoms with Gasteiger partial charge in [-0.3, -0.25) is 9.36 Å². The van der Waals surface area contributed by atoms with E-state index in [1.165, 1.54) is 35.0 Å². The quantitative estimate of drug-likeness (QED) is 0.441. The summed E-state index contributed by atoms with van der Waals surface area (Å²) in [7, 11) is -2.49. The lowest BCUT2D eigenvalue weighted by Crippen LogP contribution is -2.34. The van der Waals surface area contributed by atoms with Gasteiger partial charge in [0.05, 0.1) is 23.3 Å². The van der Waals surface area contributed by atoms with Gasteiger partial charge < -0.3 is 10.1 Å². The van der Waals surface area contributed by atoms with Crippen molar-refractivity contribution in [2.24, 2.45) is 0 Å². The molecular weight excluding hydrogens is 476 g/mol. The maximum atomic E-state index is 12.8. The van der Waals surface area contributed by atoms with Gasteiger partial charge in [0.25, 0.3) is 15.6 Å². The van der Waals surface area contributed by atoms with Crippen LogP contribution in [-0.2, 0) is 10.0 Å². The number of carbonyl (C=O) groups excluding carboxylic acids is 1. The first kappa shape index (κ1) is 21.8. The van der Waals surface area contributed by atoms with Gasteiger partial charge in [0.1, 0.15) is 15.8 Å². The van der Waals surface area contributed by atoms with Crippen molar-refractivity contribution in [1.82, 2.24) is 14.3 Å². The van der Waals surface area contributed by atoms with Gasteiger partial charge in [0, 0.05) is 11.6 Å². The molecule has 32 heavy (non-hydrogen) atoms. The molecule has 0 bridgehead atoms. The molecule has 3 heterocycles. The van der Waals surface area contributed by atoms with Gasteiger partial charge in [-0.05, 0) is 53.9 Å². The van der Waals surface area contributed by atoms with E-state index >= 15 is 0 Å². The van der Waals surface area contributed by atoms with E-state index in [1.54, 1.807) is 37.6 Å². The van der Waals surface area contributed by atoms with Crippen molar-refractivity contribution in [2.75, 3.05) is 12.4 Å². The van der Waals surface area contributed by atoms with E-state index in [0.717, 1.165) is 16.7 Å². The molecule has 0 saturated carbocycles. The number of sulfonamides is 1. The molecule has 3 aromatic heterocycles. The van der Waals surface area contributed by atoms with Crippen molar-refractivity contribution in [3.63, 3.8) is 0 Å². The minimum Gasteiger partial charge on any atom is -0.497 e. The summed E-state index contributed by atoms with van der Waals surface area (Å²) in [5.74, 6) is 0.977. The van der Waals surface area contributed by atoms with Crippen molar-refractivity contribution in [3.8, 4) is 11.6 Å². The highest BCUT2D eigenvalue weighted by Gasteiger charge is 2.20. The van der Waals surface area contributed by atoms with Gasteiger partial charge >= 0.3 is 6.03 Å². The van der Waals surface area contributed by atoms with E-state index in [-0.39, 0.29) is 19.8 Å². The lowest BCUT2D eigenvalue weighted by Gasteiger charge is -2.10. The molecule has 0 saturated heterocycles. The van der Waals surface area contributed by atoms with Crippen molar-refractivity contribution in [2.45, 2.75) is 4.21 Å². The average molecular weight is 491 g/mol. The number of urea groups is 1. The van der Waals surface area contributed by atoms with E-state index in [4.69, 9.17) is 16.3 Å². The molecule has 0 unspecified atom stereocenters. The van der Waals surface area contributed by atoms with E-state index in [2.05, 4.69) is 10.3 Å². The lowest BCUT2D eigenvalue weighted by molar-refractivity contribution is 0.256. The number of methoxy groups -OCH3 is 1. The Hall–Kier alpha value is -3.41. The number of anilines is 1. The van der Waals surface area contributed by atoms with Gasteiger partial charge in [-0.2, -0.15) is 0 Å². The number of fused-ring (bicyclic) bond motifs is 1. The zero-order valence-corrected chi connectivity index (χ0v) is 18.8. The monoisotopic (exact) mass is 490 g/mol. The summed E-state index contributed by atoms with van der Waals surface area (Å²) in [5, 5.41) is 3.62. The van der Waals surface area contributed by atoms with Gasteiger partial charge in [-0.15, -0.1) is 11.3 Å². The fourth-order valence-corrected chi connectivity index (χ4v) is 5.30. The first-order chi connectivity index (χ1) is 15.3. The molecule has 4 rings (SSSR count). The molecule has 0 radical (unpaired) electrons. The van der Waals surface area contributed by atoms with Gasteiger partial charge in [0.15, 0.2) is 0 Å². The number of nitrogens with one attached hydrogen (secondary N) is 2. The van der Waals surface area contributed by atoms with Crippen LogP contribution in [0.25, 0.3) is 16.6 Å². The summed E-state index contributed by atoms with van der Waals surface area (Å²) in [6, 6.07) is 11.7. The number of benzene rings is 1. The first-order valence-electron chi connectivity index (χ1n) is 9.02. The molecule has 0 spiro atoms. The molecule has 1 aromatic carbocycles. The van der Waals surface area contributed by atoms with Crippen LogP contribution in [0.2, 0.25) is 4.34 Å². The zero-order chi connectivity index (χ0) is 22.9. The highest BCUT2D eigenvalue weighted by atomic mass is 35.5. The molecular formula is C20H15ClN4O5S2. The maximum Gasteiger partial charge on any atom is 0.333 e. The fourth-order valence-electron chi connectivity index (χ4n) is 2.91. The van der Waals surface area contributed by atoms with Crippen LogP contribution in [0.3, 0.4) is 0 Å². The Morgan fingerprint density at radius 3 is 2.62 bits per heavy atom. The summed E-state index contributed by atoms with van der Waals surface area (Å²) in [4.78, 5) is 29.1. The molecule has 164 valence electrons. The van der Waals surface area contributed by atoms with Crippen LogP contribution < -0.4 is 20.3 Å². The highest BCUT2D eigenvalue weighted by molar-refractivity contribution is 7.92. The number of ether oxygens (including phenoxy) is 1. The number of amides is 2. The molecule has 2 N–H and O–H groups in total. The van der Waals surface area contributed by atoms with Gasteiger partial charge in [-0.1, -0.05) is 11.6 Å². The molecule has 0 fully saturated rings. The third-order valence-electron chi connectivity index (χ3n) is 4.40. The van der Waals surface area contributed by atoms with Crippen LogP contribution >= 0.6 is 22.9 Å². The van der Waals surface area contributed by atoms with E-state index in [1.807, 2.05) is 4.72 Å². The van der Waals surface area contributed by atoms with Gasteiger partial charge in [-0.25, -0.2) is 22.9 Å². The number of thiophene rings is 1. The molecule has 2 amide bonds. The number of aromatic nitrogens is 2. The molecule has 0 aliphatic heterocycles. The van der Waals surface area contributed by atoms with Crippen molar-refractivity contribution in [3.05, 3.63) is 75.6 Å². The molecule has 0 aliphatic carbocycles. The third-order valence-corrected chi connectivity index (χ3v) is 7.46. The zero-order valence-electron chi connectivity index (χ0n) is 16.4. The van der Waals surface area contributed by atoms with E-state index in [0.29, 0.717) is 17.0 Å². The van der Waals surface area contributed by atoms with Gasteiger partial charge in [0.2, 0.25) is 0 Å². The van der Waals surface area contributed by atoms with Crippen LogP contribution in [0.5, 0.6) is 5.75 Å². The Morgan fingerprint density at radius 1 is 1.16 bits per heavy atom. The number of rotatable bonds is 5. The van der Waals surface area contributed by atoms with E-state index in [9.17, 15) is 18.0 Å². The van der Waals surface area contributed by atoms with E-state index < -0.39 is 16.1 Å². The Bertz CT molecular complexity index is 1480. The summed E-state index contributed by atoms with van der Waals surface area (Å²) in [6.45, 7) is 0. The van der Waals surface area contributed by atoms with Crippen LogP contribution in [0.1, 0.15) is 0 Å². The number of hydrogen-bond donors (Lipinski definition) is 2. The standard InChI is InChI=1S/C20H15ClN4O5S2/c1-30-14-3-4-15-12(10-14)8-9-25(19(15)26)17-6-2-13(11-22-17)23-20(27)24-32(28,29)18-7-5-16(21)31-18/h2-11H,1H3,(H2,23,24,27).